The molecule has 0 aliphatic rings. The predicted octanol–water partition coefficient (Wildman–Crippen LogP) is 5.75. The fourth-order valence-electron chi connectivity index (χ4n) is 4.25. The molecule has 0 aliphatic heterocycles. The van der Waals surface area contributed by atoms with E-state index in [1.807, 2.05) is 70.2 Å². The number of benzene rings is 2. The molecular weight excluding hydrogens is 450 g/mol. The third-order valence-electron chi connectivity index (χ3n) is 5.89. The Hall–Kier alpha value is -4.59. The first-order chi connectivity index (χ1) is 17.3. The molecule has 3 heterocycles. The smallest absolute Gasteiger partial charge is 0.256 e. The highest BCUT2D eigenvalue weighted by Gasteiger charge is 2.15. The van der Waals surface area contributed by atoms with Crippen molar-refractivity contribution in [3.8, 4) is 5.82 Å². The van der Waals surface area contributed by atoms with Crippen LogP contribution in [0.2, 0.25) is 0 Å². The van der Waals surface area contributed by atoms with E-state index in [4.69, 9.17) is 4.98 Å². The van der Waals surface area contributed by atoms with Crippen molar-refractivity contribution in [2.45, 2.75) is 34.6 Å². The normalized spacial score (nSPS) is 11.0. The fourth-order valence-corrected chi connectivity index (χ4v) is 4.25. The van der Waals surface area contributed by atoms with Crippen LogP contribution in [-0.4, -0.2) is 30.6 Å². The van der Waals surface area contributed by atoms with Gasteiger partial charge in [0.15, 0.2) is 5.82 Å². The van der Waals surface area contributed by atoms with E-state index in [9.17, 15) is 4.79 Å². The molecule has 0 radical (unpaired) electrons. The number of nitrogens with zero attached hydrogens (tertiary/aromatic N) is 5. The predicted molar refractivity (Wildman–Crippen MR) is 142 cm³/mol. The van der Waals surface area contributed by atoms with Crippen LogP contribution in [0.3, 0.4) is 0 Å². The summed E-state index contributed by atoms with van der Waals surface area (Å²) in [7, 11) is 0. The first kappa shape index (κ1) is 23.2. The number of amides is 1. The average Bonchev–Trinajstić information content (AvgIpc) is 3.19. The lowest BCUT2D eigenvalue weighted by molar-refractivity contribution is 0.102. The Morgan fingerprint density at radius 3 is 2.31 bits per heavy atom. The number of nitrogens with one attached hydrogen (secondary N) is 2. The maximum absolute atomic E-state index is 13.2. The van der Waals surface area contributed by atoms with Crippen LogP contribution in [0.4, 0.5) is 17.5 Å². The van der Waals surface area contributed by atoms with Gasteiger partial charge >= 0.3 is 0 Å². The molecule has 5 rings (SSSR count). The van der Waals surface area contributed by atoms with Crippen molar-refractivity contribution in [2.24, 2.45) is 0 Å². The number of aryl methyl sites for hydroxylation is 5. The van der Waals surface area contributed by atoms with Gasteiger partial charge in [0, 0.05) is 34.1 Å². The van der Waals surface area contributed by atoms with Crippen LogP contribution < -0.4 is 10.6 Å². The number of carbonyl (C=O) groups is 1. The zero-order valence-electron chi connectivity index (χ0n) is 20.9. The van der Waals surface area contributed by atoms with Crippen molar-refractivity contribution in [2.75, 3.05) is 10.6 Å². The Kier molecular flexibility index (Phi) is 5.93. The summed E-state index contributed by atoms with van der Waals surface area (Å²) in [4.78, 5) is 26.9. The topological polar surface area (TPSA) is 97.6 Å². The molecule has 0 unspecified atom stereocenters. The minimum Gasteiger partial charge on any atom is -0.324 e. The van der Waals surface area contributed by atoms with E-state index in [-0.39, 0.29) is 5.91 Å². The van der Waals surface area contributed by atoms with E-state index in [0.717, 1.165) is 44.8 Å². The maximum Gasteiger partial charge on any atom is 0.256 e. The third-order valence-corrected chi connectivity index (χ3v) is 5.89. The molecule has 0 bridgehead atoms. The summed E-state index contributed by atoms with van der Waals surface area (Å²) >= 11 is 0. The molecular formula is C28H27N7O. The van der Waals surface area contributed by atoms with Crippen molar-refractivity contribution >= 4 is 34.3 Å². The molecule has 5 aromatic rings. The zero-order valence-corrected chi connectivity index (χ0v) is 20.9. The molecule has 1 amide bonds. The molecule has 0 saturated heterocycles. The van der Waals surface area contributed by atoms with Gasteiger partial charge in [0.2, 0.25) is 5.95 Å². The number of hydrogen-bond donors (Lipinski definition) is 2. The van der Waals surface area contributed by atoms with E-state index < -0.39 is 0 Å². The molecule has 2 N–H and O–H groups in total. The highest BCUT2D eigenvalue weighted by Crippen LogP contribution is 2.25. The summed E-state index contributed by atoms with van der Waals surface area (Å²) in [6, 6.07) is 19.1. The molecule has 8 heteroatoms. The van der Waals surface area contributed by atoms with Crippen LogP contribution in [0.15, 0.2) is 60.7 Å². The van der Waals surface area contributed by atoms with Gasteiger partial charge < -0.3 is 10.6 Å². The molecule has 8 nitrogen and oxygen atoms in total. The quantitative estimate of drug-likeness (QED) is 0.335. The second-order valence-electron chi connectivity index (χ2n) is 8.99. The van der Waals surface area contributed by atoms with E-state index in [2.05, 4.69) is 38.7 Å². The molecule has 0 atom stereocenters. The summed E-state index contributed by atoms with van der Waals surface area (Å²) in [6.45, 7) is 9.82. The van der Waals surface area contributed by atoms with Gasteiger partial charge in [-0.2, -0.15) is 9.78 Å². The van der Waals surface area contributed by atoms with E-state index in [1.54, 1.807) is 16.8 Å². The van der Waals surface area contributed by atoms with Crippen molar-refractivity contribution < 1.29 is 4.79 Å². The maximum atomic E-state index is 13.2. The van der Waals surface area contributed by atoms with Crippen LogP contribution in [0.5, 0.6) is 0 Å². The number of aromatic nitrogens is 5. The van der Waals surface area contributed by atoms with E-state index in [1.165, 1.54) is 0 Å². The third kappa shape index (κ3) is 4.65. The highest BCUT2D eigenvalue weighted by molar-refractivity contribution is 6.04. The first-order valence-electron chi connectivity index (χ1n) is 11.7. The number of rotatable bonds is 5. The lowest BCUT2D eigenvalue weighted by atomic mass is 10.1. The molecule has 0 aliphatic carbocycles. The Balaban J connectivity index is 1.44. The van der Waals surface area contributed by atoms with E-state index >= 15 is 0 Å². The second-order valence-corrected chi connectivity index (χ2v) is 8.99. The molecule has 36 heavy (non-hydrogen) atoms. The van der Waals surface area contributed by atoms with Crippen LogP contribution >= 0.6 is 0 Å². The number of fused-ring (bicyclic) bond motifs is 1. The number of para-hydroxylation sites is 1. The van der Waals surface area contributed by atoms with Gasteiger partial charge in [0.1, 0.15) is 5.82 Å². The van der Waals surface area contributed by atoms with Crippen LogP contribution in [0.25, 0.3) is 16.7 Å². The van der Waals surface area contributed by atoms with Gasteiger partial charge in [-0.25, -0.2) is 15.0 Å². The zero-order chi connectivity index (χ0) is 25.4. The minimum absolute atomic E-state index is 0.255. The molecule has 180 valence electrons. The Labute approximate surface area is 209 Å². The molecule has 2 aromatic carbocycles. The number of carbonyl (C=O) groups excluding carboxylic acids is 1. The molecule has 3 aromatic heterocycles. The Morgan fingerprint density at radius 1 is 0.778 bits per heavy atom. The largest absolute Gasteiger partial charge is 0.324 e. The Morgan fingerprint density at radius 2 is 1.53 bits per heavy atom. The van der Waals surface area contributed by atoms with Crippen LogP contribution in [0, 0.1) is 34.6 Å². The van der Waals surface area contributed by atoms with Gasteiger partial charge in [-0.1, -0.05) is 24.3 Å². The monoisotopic (exact) mass is 477 g/mol. The summed E-state index contributed by atoms with van der Waals surface area (Å²) in [5.74, 6) is 1.44. The van der Waals surface area contributed by atoms with Gasteiger partial charge in [-0.15, -0.1) is 0 Å². The summed E-state index contributed by atoms with van der Waals surface area (Å²) in [5, 5.41) is 11.9. The lowest BCUT2D eigenvalue weighted by Gasteiger charge is -2.12. The van der Waals surface area contributed by atoms with Crippen molar-refractivity contribution in [1.82, 2.24) is 24.7 Å². The summed E-state index contributed by atoms with van der Waals surface area (Å²) < 4.78 is 1.68. The van der Waals surface area contributed by atoms with Crippen molar-refractivity contribution in [1.29, 1.82) is 0 Å². The Bertz CT molecular complexity index is 1600. The molecule has 0 spiro atoms. The van der Waals surface area contributed by atoms with Crippen LogP contribution in [0.1, 0.15) is 38.6 Å². The van der Waals surface area contributed by atoms with Gasteiger partial charge in [-0.3, -0.25) is 4.79 Å². The van der Waals surface area contributed by atoms with Gasteiger partial charge in [-0.05, 0) is 76.1 Å². The number of pyridine rings is 1. The number of anilines is 3. The summed E-state index contributed by atoms with van der Waals surface area (Å²) in [6.07, 6.45) is 0. The lowest BCUT2D eigenvalue weighted by Crippen LogP contribution is -2.16. The molecule has 0 saturated carbocycles. The highest BCUT2D eigenvalue weighted by atomic mass is 16.1. The summed E-state index contributed by atoms with van der Waals surface area (Å²) in [5.41, 5.74) is 6.83. The van der Waals surface area contributed by atoms with E-state index in [0.29, 0.717) is 23.1 Å². The number of hydrogen-bond acceptors (Lipinski definition) is 6. The van der Waals surface area contributed by atoms with Crippen LogP contribution in [-0.2, 0) is 0 Å². The second kappa shape index (κ2) is 9.22. The van der Waals surface area contributed by atoms with Crippen molar-refractivity contribution in [3.05, 3.63) is 94.4 Å². The molecule has 0 fully saturated rings. The first-order valence-corrected chi connectivity index (χ1v) is 11.7. The minimum atomic E-state index is -0.255. The van der Waals surface area contributed by atoms with Crippen molar-refractivity contribution in [3.63, 3.8) is 0 Å². The fraction of sp³-hybridized carbons (Fsp3) is 0.179. The van der Waals surface area contributed by atoms with Gasteiger partial charge in [0.25, 0.3) is 5.91 Å². The average molecular weight is 478 g/mol. The standard InChI is InChI=1S/C28H27N7O/c1-16-8-6-11-23-17(2)12-24(32-26(16)23)35-25(14-20(5)34-35)33-27(36)21-9-7-10-22(15-21)31-28-29-18(3)13-19(4)30-28/h6-15H,1-5H3,(H,33,36)(H,29,30,31). The SMILES string of the molecule is Cc1cc(C)nc(Nc2cccc(C(=O)Nc3cc(C)nn3-c3cc(C)c4cccc(C)c4n3)c2)n1. The van der Waals surface area contributed by atoms with Gasteiger partial charge in [0.05, 0.1) is 11.2 Å².